The third-order valence-corrected chi connectivity index (χ3v) is 3.61. The normalized spacial score (nSPS) is 17.6. The first-order valence-electron chi connectivity index (χ1n) is 6.84. The number of Topliss-reactive ketones (excluding diaryl/α,β-unsaturated/α-hetero) is 1. The van der Waals surface area contributed by atoms with Gasteiger partial charge in [-0.1, -0.05) is 12.1 Å². The van der Waals surface area contributed by atoms with Gasteiger partial charge in [0.1, 0.15) is 5.92 Å². The summed E-state index contributed by atoms with van der Waals surface area (Å²) in [6.07, 6.45) is 0.268. The highest BCUT2D eigenvalue weighted by atomic mass is 16.5. The number of rotatable bonds is 2. The summed E-state index contributed by atoms with van der Waals surface area (Å²) >= 11 is 0. The summed E-state index contributed by atoms with van der Waals surface area (Å²) in [6, 6.07) is 6.87. The lowest BCUT2D eigenvalue weighted by atomic mass is 9.96. The number of ether oxygens (including phenoxy) is 1. The summed E-state index contributed by atoms with van der Waals surface area (Å²) in [5, 5.41) is 0.476. The minimum atomic E-state index is -0.863. The minimum Gasteiger partial charge on any atom is -0.465 e. The van der Waals surface area contributed by atoms with Gasteiger partial charge in [-0.25, -0.2) is 4.98 Å². The summed E-state index contributed by atoms with van der Waals surface area (Å²) in [5.74, 6) is -1.81. The number of carbonyl (C=O) groups excluding carboxylic acids is 2. The molecule has 0 saturated heterocycles. The zero-order valence-corrected chi connectivity index (χ0v) is 11.5. The molecule has 2 heterocycles. The van der Waals surface area contributed by atoms with E-state index in [-0.39, 0.29) is 24.4 Å². The minimum absolute atomic E-state index is 0.0444. The van der Waals surface area contributed by atoms with Gasteiger partial charge in [-0.15, -0.1) is 0 Å². The summed E-state index contributed by atoms with van der Waals surface area (Å²) in [5.41, 5.74) is 0.220. The van der Waals surface area contributed by atoms with Crippen LogP contribution in [-0.4, -0.2) is 27.9 Å². The van der Waals surface area contributed by atoms with E-state index in [0.717, 1.165) is 0 Å². The first-order valence-corrected chi connectivity index (χ1v) is 6.84. The van der Waals surface area contributed by atoms with E-state index >= 15 is 0 Å². The first-order chi connectivity index (χ1) is 10.1. The Morgan fingerprint density at radius 1 is 1.38 bits per heavy atom. The van der Waals surface area contributed by atoms with Crippen LogP contribution >= 0.6 is 0 Å². The Hall–Kier alpha value is -2.50. The number of hydrogen-bond donors (Lipinski definition) is 0. The fraction of sp³-hybridized carbons (Fsp3) is 0.333. The van der Waals surface area contributed by atoms with E-state index in [4.69, 9.17) is 4.74 Å². The quantitative estimate of drug-likeness (QED) is 0.611. The largest absolute Gasteiger partial charge is 0.465 e. The maximum absolute atomic E-state index is 12.4. The SMILES string of the molecule is CCOC(=O)C1CCn2c(nc3ccccc3c2=O)C1=O. The van der Waals surface area contributed by atoms with E-state index in [9.17, 15) is 14.4 Å². The maximum atomic E-state index is 12.4. The molecule has 21 heavy (non-hydrogen) atoms. The van der Waals surface area contributed by atoms with Crippen molar-refractivity contribution in [3.05, 3.63) is 40.4 Å². The predicted molar refractivity (Wildman–Crippen MR) is 75.1 cm³/mol. The molecular formula is C15H14N2O4. The van der Waals surface area contributed by atoms with E-state index in [0.29, 0.717) is 17.4 Å². The third-order valence-electron chi connectivity index (χ3n) is 3.61. The van der Waals surface area contributed by atoms with Crippen LogP contribution in [-0.2, 0) is 16.1 Å². The summed E-state index contributed by atoms with van der Waals surface area (Å²) in [4.78, 5) is 40.8. The first kappa shape index (κ1) is 13.5. The molecule has 6 heteroatoms. The Bertz CT molecular complexity index is 794. The van der Waals surface area contributed by atoms with Gasteiger partial charge in [-0.3, -0.25) is 19.0 Å². The maximum Gasteiger partial charge on any atom is 0.317 e. The average molecular weight is 286 g/mol. The zero-order valence-electron chi connectivity index (χ0n) is 11.5. The van der Waals surface area contributed by atoms with Crippen LogP contribution in [0.4, 0.5) is 0 Å². The van der Waals surface area contributed by atoms with Crippen molar-refractivity contribution >= 4 is 22.7 Å². The Balaban J connectivity index is 2.12. The molecule has 3 rings (SSSR count). The van der Waals surface area contributed by atoms with E-state index < -0.39 is 17.7 Å². The molecule has 1 aromatic carbocycles. The topological polar surface area (TPSA) is 78.3 Å². The van der Waals surface area contributed by atoms with Crippen molar-refractivity contribution in [2.24, 2.45) is 5.92 Å². The summed E-state index contributed by atoms with van der Waals surface area (Å²) < 4.78 is 6.26. The molecule has 2 aromatic rings. The molecule has 0 amide bonds. The lowest BCUT2D eigenvalue weighted by molar-refractivity contribution is -0.146. The predicted octanol–water partition coefficient (Wildman–Crippen LogP) is 1.16. The van der Waals surface area contributed by atoms with Gasteiger partial charge in [0.15, 0.2) is 5.82 Å². The van der Waals surface area contributed by atoms with Crippen molar-refractivity contribution < 1.29 is 14.3 Å². The van der Waals surface area contributed by atoms with Gasteiger partial charge < -0.3 is 4.74 Å². The zero-order chi connectivity index (χ0) is 15.0. The number of para-hydroxylation sites is 1. The van der Waals surface area contributed by atoms with Gasteiger partial charge in [0.05, 0.1) is 17.5 Å². The van der Waals surface area contributed by atoms with E-state index in [1.165, 1.54) is 4.57 Å². The molecule has 1 atom stereocenters. The number of carbonyl (C=O) groups is 2. The molecular weight excluding hydrogens is 272 g/mol. The van der Waals surface area contributed by atoms with Gasteiger partial charge in [0.2, 0.25) is 5.78 Å². The second-order valence-corrected chi connectivity index (χ2v) is 4.87. The molecule has 0 bridgehead atoms. The monoisotopic (exact) mass is 286 g/mol. The van der Waals surface area contributed by atoms with Crippen molar-refractivity contribution in [3.63, 3.8) is 0 Å². The number of nitrogens with zero attached hydrogens (tertiary/aromatic N) is 2. The van der Waals surface area contributed by atoms with Crippen LogP contribution in [0, 0.1) is 5.92 Å². The van der Waals surface area contributed by atoms with Crippen molar-refractivity contribution in [1.82, 2.24) is 9.55 Å². The van der Waals surface area contributed by atoms with Crippen molar-refractivity contribution in [2.75, 3.05) is 6.61 Å². The van der Waals surface area contributed by atoms with Crippen molar-refractivity contribution in [1.29, 1.82) is 0 Å². The molecule has 0 saturated carbocycles. The summed E-state index contributed by atoms with van der Waals surface area (Å²) in [6.45, 7) is 2.21. The molecule has 1 aliphatic heterocycles. The standard InChI is InChI=1S/C15H14N2O4/c1-2-21-15(20)10-7-8-17-13(12(10)18)16-11-6-4-3-5-9(11)14(17)19/h3-6,10H,2,7-8H2,1H3. The Kier molecular flexibility index (Phi) is 3.29. The molecule has 0 spiro atoms. The van der Waals surface area contributed by atoms with Crippen molar-refractivity contribution in [2.45, 2.75) is 19.9 Å². The molecule has 0 N–H and O–H groups in total. The molecule has 6 nitrogen and oxygen atoms in total. The highest BCUT2D eigenvalue weighted by Gasteiger charge is 2.36. The summed E-state index contributed by atoms with van der Waals surface area (Å²) in [7, 11) is 0. The van der Waals surface area contributed by atoms with Crippen LogP contribution < -0.4 is 5.56 Å². The van der Waals surface area contributed by atoms with Crippen LogP contribution in [0.1, 0.15) is 24.0 Å². The molecule has 108 valence electrons. The van der Waals surface area contributed by atoms with Crippen LogP contribution in [0.5, 0.6) is 0 Å². The highest BCUT2D eigenvalue weighted by molar-refractivity contribution is 6.07. The smallest absolute Gasteiger partial charge is 0.317 e. The van der Waals surface area contributed by atoms with Gasteiger partial charge >= 0.3 is 5.97 Å². The van der Waals surface area contributed by atoms with E-state index in [2.05, 4.69) is 4.98 Å². The molecule has 1 aliphatic rings. The van der Waals surface area contributed by atoms with Crippen LogP contribution in [0.25, 0.3) is 10.9 Å². The number of benzene rings is 1. The number of hydrogen-bond acceptors (Lipinski definition) is 5. The van der Waals surface area contributed by atoms with E-state index in [1.807, 2.05) is 0 Å². The lowest BCUT2D eigenvalue weighted by Crippen LogP contribution is -2.39. The van der Waals surface area contributed by atoms with E-state index in [1.54, 1.807) is 31.2 Å². The second kappa shape index (κ2) is 5.12. The number of fused-ring (bicyclic) bond motifs is 2. The van der Waals surface area contributed by atoms with Gasteiger partial charge in [-0.05, 0) is 25.5 Å². The lowest BCUT2D eigenvalue weighted by Gasteiger charge is -2.22. The fourth-order valence-electron chi connectivity index (χ4n) is 2.58. The van der Waals surface area contributed by atoms with Gasteiger partial charge in [-0.2, -0.15) is 0 Å². The second-order valence-electron chi connectivity index (χ2n) is 4.87. The molecule has 0 aliphatic carbocycles. The Labute approximate surface area is 120 Å². The molecule has 0 radical (unpaired) electrons. The van der Waals surface area contributed by atoms with Gasteiger partial charge in [0, 0.05) is 6.54 Å². The van der Waals surface area contributed by atoms with Crippen LogP contribution in [0.2, 0.25) is 0 Å². The third kappa shape index (κ3) is 2.12. The molecule has 0 fully saturated rings. The number of ketones is 1. The molecule has 1 unspecified atom stereocenters. The van der Waals surface area contributed by atoms with Gasteiger partial charge in [0.25, 0.3) is 5.56 Å². The van der Waals surface area contributed by atoms with Crippen LogP contribution in [0.3, 0.4) is 0 Å². The Morgan fingerprint density at radius 3 is 2.90 bits per heavy atom. The van der Waals surface area contributed by atoms with Crippen LogP contribution in [0.15, 0.2) is 29.1 Å². The molecule has 1 aromatic heterocycles. The average Bonchev–Trinajstić information content (AvgIpc) is 2.49. The number of esters is 1. The van der Waals surface area contributed by atoms with Crippen molar-refractivity contribution in [3.8, 4) is 0 Å². The highest BCUT2D eigenvalue weighted by Crippen LogP contribution is 2.21. The number of aromatic nitrogens is 2. The fourth-order valence-corrected chi connectivity index (χ4v) is 2.58. The Morgan fingerprint density at radius 2 is 2.14 bits per heavy atom.